The summed E-state index contributed by atoms with van der Waals surface area (Å²) in [6.07, 6.45) is 7.47. The molecule has 8 heteroatoms. The van der Waals surface area contributed by atoms with E-state index in [2.05, 4.69) is 16.8 Å². The molecule has 2 bridgehead atoms. The molecule has 1 aromatic heterocycles. The highest BCUT2D eigenvalue weighted by atomic mass is 16.4. The number of anilines is 1. The maximum atomic E-state index is 13.3. The van der Waals surface area contributed by atoms with E-state index >= 15 is 0 Å². The zero-order valence-corrected chi connectivity index (χ0v) is 23.4. The zero-order valence-electron chi connectivity index (χ0n) is 23.4. The number of hydrogen-bond donors (Lipinski definition) is 3. The molecule has 1 fully saturated rings. The Morgan fingerprint density at radius 1 is 0.952 bits per heavy atom. The molecular formula is C34H33N3O5. The molecule has 0 spiro atoms. The number of allylic oxidation sites excluding steroid dienone is 2. The van der Waals surface area contributed by atoms with Crippen molar-refractivity contribution >= 4 is 34.6 Å². The SMILES string of the molecule is CCCCc1nc2ccc(NC(=O)[C@@H]3C4C=CC(C4)[C@@H]3C(=O)O)cc2n1Cc1ccc(-c2ccccc2C(=O)O)cc1. The Labute approximate surface area is 243 Å². The van der Waals surface area contributed by atoms with E-state index in [-0.39, 0.29) is 23.3 Å². The monoisotopic (exact) mass is 563 g/mol. The first-order valence-corrected chi connectivity index (χ1v) is 14.5. The van der Waals surface area contributed by atoms with Crippen molar-refractivity contribution in [3.05, 3.63) is 95.8 Å². The highest BCUT2D eigenvalue weighted by Gasteiger charge is 2.51. The first-order valence-electron chi connectivity index (χ1n) is 14.5. The fourth-order valence-corrected chi connectivity index (χ4v) is 6.59. The van der Waals surface area contributed by atoms with Gasteiger partial charge in [-0.25, -0.2) is 9.78 Å². The van der Waals surface area contributed by atoms with Crippen molar-refractivity contribution in [3.63, 3.8) is 0 Å². The molecule has 0 aliphatic heterocycles. The fraction of sp³-hybridized carbons (Fsp3) is 0.294. The van der Waals surface area contributed by atoms with Crippen molar-refractivity contribution in [1.82, 2.24) is 9.55 Å². The van der Waals surface area contributed by atoms with Gasteiger partial charge in [-0.15, -0.1) is 0 Å². The standard InChI is InChI=1S/C34H33N3O5/c1-2-3-8-29-36-27-16-15-24(35-32(38)30-22-13-14-23(17-22)31(30)34(41)42)18-28(27)37(29)19-20-9-11-21(12-10-20)25-6-4-5-7-26(25)33(39)40/h4-7,9-16,18,22-23,30-31H,2-3,8,17,19H2,1H3,(H,35,38)(H,39,40)(H,41,42)/t22?,23?,30-,31+/m1/s1. The van der Waals surface area contributed by atoms with Gasteiger partial charge in [0.1, 0.15) is 5.82 Å². The molecule has 3 N–H and O–H groups in total. The lowest BCUT2D eigenvalue weighted by molar-refractivity contribution is -0.146. The molecule has 4 atom stereocenters. The fourth-order valence-electron chi connectivity index (χ4n) is 6.59. The summed E-state index contributed by atoms with van der Waals surface area (Å²) in [4.78, 5) is 41.9. The number of imidazole rings is 1. The quantitative estimate of drug-likeness (QED) is 0.196. The van der Waals surface area contributed by atoms with Gasteiger partial charge in [0.2, 0.25) is 5.91 Å². The first-order chi connectivity index (χ1) is 20.3. The lowest BCUT2D eigenvalue weighted by Gasteiger charge is -2.23. The van der Waals surface area contributed by atoms with Crippen LogP contribution in [0.15, 0.2) is 78.9 Å². The maximum absolute atomic E-state index is 13.3. The van der Waals surface area contributed by atoms with Crippen LogP contribution in [0, 0.1) is 23.7 Å². The molecule has 0 radical (unpaired) electrons. The van der Waals surface area contributed by atoms with Crippen molar-refractivity contribution in [3.8, 4) is 11.1 Å². The average molecular weight is 564 g/mol. The van der Waals surface area contributed by atoms with E-state index in [1.165, 1.54) is 0 Å². The Kier molecular flexibility index (Phi) is 7.37. The number of aromatic nitrogens is 2. The normalized spacial score (nSPS) is 20.7. The highest BCUT2D eigenvalue weighted by molar-refractivity contribution is 5.98. The number of nitrogens with one attached hydrogen (secondary N) is 1. The number of benzene rings is 3. The van der Waals surface area contributed by atoms with Crippen LogP contribution in [0.1, 0.15) is 47.9 Å². The first kappa shape index (κ1) is 27.4. The number of aromatic carboxylic acids is 1. The van der Waals surface area contributed by atoms with Gasteiger partial charge in [0.25, 0.3) is 0 Å². The molecule has 2 aliphatic carbocycles. The second kappa shape index (κ2) is 11.3. The Bertz CT molecular complexity index is 1700. The number of fused-ring (bicyclic) bond motifs is 3. The molecule has 1 amide bonds. The molecule has 8 nitrogen and oxygen atoms in total. The van der Waals surface area contributed by atoms with E-state index < -0.39 is 23.8 Å². The van der Waals surface area contributed by atoms with E-state index in [9.17, 15) is 24.6 Å². The van der Waals surface area contributed by atoms with Crippen LogP contribution in [0.2, 0.25) is 0 Å². The molecule has 3 aromatic carbocycles. The summed E-state index contributed by atoms with van der Waals surface area (Å²) in [7, 11) is 0. The smallest absolute Gasteiger partial charge is 0.336 e. The van der Waals surface area contributed by atoms with Gasteiger partial charge in [0.05, 0.1) is 28.4 Å². The summed E-state index contributed by atoms with van der Waals surface area (Å²) in [6.45, 7) is 2.70. The average Bonchev–Trinajstić information content (AvgIpc) is 3.70. The van der Waals surface area contributed by atoms with Crippen molar-refractivity contribution in [2.45, 2.75) is 39.2 Å². The molecule has 214 valence electrons. The minimum Gasteiger partial charge on any atom is -0.481 e. The van der Waals surface area contributed by atoms with Gasteiger partial charge in [-0.05, 0) is 65.6 Å². The number of nitrogens with zero attached hydrogens (tertiary/aromatic N) is 2. The summed E-state index contributed by atoms with van der Waals surface area (Å²) in [6, 6.07) is 20.5. The number of carbonyl (C=O) groups excluding carboxylic acids is 1. The van der Waals surface area contributed by atoms with Gasteiger partial charge in [0, 0.05) is 18.7 Å². The number of hydrogen-bond acceptors (Lipinski definition) is 4. The van der Waals surface area contributed by atoms with Crippen LogP contribution in [0.3, 0.4) is 0 Å². The number of carboxylic acids is 2. The number of rotatable bonds is 10. The van der Waals surface area contributed by atoms with Crippen LogP contribution in [0.5, 0.6) is 0 Å². The lowest BCUT2D eigenvalue weighted by Crippen LogP contribution is -2.36. The van der Waals surface area contributed by atoms with Crippen LogP contribution in [-0.4, -0.2) is 37.6 Å². The predicted octanol–water partition coefficient (Wildman–Crippen LogP) is 6.25. The summed E-state index contributed by atoms with van der Waals surface area (Å²) < 4.78 is 2.17. The molecule has 2 aliphatic rings. The third-order valence-corrected chi connectivity index (χ3v) is 8.66. The molecule has 6 rings (SSSR count). The minimum absolute atomic E-state index is 0.0450. The molecule has 1 heterocycles. The van der Waals surface area contributed by atoms with Gasteiger partial charge < -0.3 is 20.1 Å². The van der Waals surface area contributed by atoms with Gasteiger partial charge in [-0.2, -0.15) is 0 Å². The van der Waals surface area contributed by atoms with Crippen LogP contribution in [-0.2, 0) is 22.6 Å². The molecule has 0 saturated heterocycles. The van der Waals surface area contributed by atoms with E-state index in [1.807, 2.05) is 66.7 Å². The summed E-state index contributed by atoms with van der Waals surface area (Å²) in [5, 5.41) is 22.4. The van der Waals surface area contributed by atoms with Crippen LogP contribution < -0.4 is 5.32 Å². The Balaban J connectivity index is 1.28. The van der Waals surface area contributed by atoms with Crippen molar-refractivity contribution in [1.29, 1.82) is 0 Å². The molecule has 4 aromatic rings. The summed E-state index contributed by atoms with van der Waals surface area (Å²) in [5.74, 6) is -2.58. The largest absolute Gasteiger partial charge is 0.481 e. The lowest BCUT2D eigenvalue weighted by atomic mass is 9.82. The van der Waals surface area contributed by atoms with Gasteiger partial charge in [-0.1, -0.05) is 68.0 Å². The number of amides is 1. The molecule has 1 saturated carbocycles. The van der Waals surface area contributed by atoms with E-state index in [1.54, 1.807) is 12.1 Å². The third-order valence-electron chi connectivity index (χ3n) is 8.66. The van der Waals surface area contributed by atoms with Crippen LogP contribution in [0.4, 0.5) is 5.69 Å². The number of carboxylic acid groups (broad SMARTS) is 2. The van der Waals surface area contributed by atoms with E-state index in [4.69, 9.17) is 4.98 Å². The summed E-state index contributed by atoms with van der Waals surface area (Å²) in [5.41, 5.74) is 5.14. The topological polar surface area (TPSA) is 122 Å². The van der Waals surface area contributed by atoms with Crippen molar-refractivity contribution < 1.29 is 24.6 Å². The van der Waals surface area contributed by atoms with Gasteiger partial charge in [-0.3, -0.25) is 9.59 Å². The summed E-state index contributed by atoms with van der Waals surface area (Å²) >= 11 is 0. The zero-order chi connectivity index (χ0) is 29.4. The number of unbranched alkanes of at least 4 members (excludes halogenated alkanes) is 1. The second-order valence-electron chi connectivity index (χ2n) is 11.3. The molecule has 42 heavy (non-hydrogen) atoms. The van der Waals surface area contributed by atoms with Crippen LogP contribution in [0.25, 0.3) is 22.2 Å². The minimum atomic E-state index is -0.960. The third kappa shape index (κ3) is 5.09. The maximum Gasteiger partial charge on any atom is 0.336 e. The van der Waals surface area contributed by atoms with Crippen LogP contribution >= 0.6 is 0 Å². The van der Waals surface area contributed by atoms with Crippen molar-refractivity contribution in [2.24, 2.45) is 23.7 Å². The number of carbonyl (C=O) groups is 3. The Morgan fingerprint density at radius 3 is 2.40 bits per heavy atom. The number of aliphatic carboxylic acids is 1. The van der Waals surface area contributed by atoms with E-state index in [0.717, 1.165) is 47.2 Å². The molecule has 2 unspecified atom stereocenters. The number of aryl methyl sites for hydroxylation is 1. The predicted molar refractivity (Wildman–Crippen MR) is 160 cm³/mol. The molecular weight excluding hydrogens is 530 g/mol. The van der Waals surface area contributed by atoms with Crippen molar-refractivity contribution in [2.75, 3.05) is 5.32 Å². The Morgan fingerprint density at radius 2 is 1.69 bits per heavy atom. The van der Waals surface area contributed by atoms with E-state index in [0.29, 0.717) is 24.2 Å². The van der Waals surface area contributed by atoms with Gasteiger partial charge >= 0.3 is 11.9 Å². The van der Waals surface area contributed by atoms with Gasteiger partial charge in [0.15, 0.2) is 0 Å². The second-order valence-corrected chi connectivity index (χ2v) is 11.3. The highest BCUT2D eigenvalue weighted by Crippen LogP contribution is 2.48. The Hall–Kier alpha value is -4.72.